The Balaban J connectivity index is 3.78. The van der Waals surface area contributed by atoms with Crippen molar-refractivity contribution in [3.05, 3.63) is 72.9 Å². The number of aliphatic hydroxyl groups is 2. The number of aliphatic hydroxyl groups excluding tert-OH is 2. The van der Waals surface area contributed by atoms with E-state index in [4.69, 9.17) is 9.47 Å². The minimum absolute atomic E-state index is 0.119. The van der Waals surface area contributed by atoms with Gasteiger partial charge in [-0.1, -0.05) is 164 Å². The summed E-state index contributed by atoms with van der Waals surface area (Å²) in [5.74, 6) is -0.714. The molecule has 0 rings (SSSR count). The van der Waals surface area contributed by atoms with Crippen molar-refractivity contribution in [2.45, 2.75) is 161 Å². The van der Waals surface area contributed by atoms with Crippen LogP contribution >= 0.6 is 0 Å². The standard InChI is InChI=1S/C41H68O6/c1-3-5-7-8-9-10-11-13-18-21-24-27-31-35-41(45)47-39(36-42)37-46-40(44)34-30-26-23-20-17-15-12-14-16-19-22-25-29-33-38(43)32-28-6-4-2/h6,14-17,22-23,25-26,28-29,33,38-39,42-43H,3-5,7-13,18-21,24,27,30-32,34-37H2,1-2H3/b16-14-,17-15-,25-22+,26-23-,28-6-,33-29+/t38?,39-/m0/s1. The molecule has 2 atom stereocenters. The van der Waals surface area contributed by atoms with E-state index in [1.54, 1.807) is 6.08 Å². The van der Waals surface area contributed by atoms with E-state index in [1.165, 1.54) is 64.2 Å². The largest absolute Gasteiger partial charge is 0.462 e. The summed E-state index contributed by atoms with van der Waals surface area (Å²) in [6.07, 6.45) is 44.4. The zero-order chi connectivity index (χ0) is 34.5. The molecule has 0 aliphatic carbocycles. The molecular formula is C41H68O6. The molecule has 0 saturated carbocycles. The zero-order valence-corrected chi connectivity index (χ0v) is 29.9. The van der Waals surface area contributed by atoms with E-state index in [9.17, 15) is 19.8 Å². The number of ether oxygens (including phenoxy) is 2. The fraction of sp³-hybridized carbons (Fsp3) is 0.659. The highest BCUT2D eigenvalue weighted by molar-refractivity contribution is 5.70. The molecule has 268 valence electrons. The van der Waals surface area contributed by atoms with Crippen LogP contribution in [0.1, 0.15) is 149 Å². The Labute approximate surface area is 287 Å². The summed E-state index contributed by atoms with van der Waals surface area (Å²) in [5, 5.41) is 19.3. The van der Waals surface area contributed by atoms with Crippen LogP contribution < -0.4 is 0 Å². The summed E-state index contributed by atoms with van der Waals surface area (Å²) in [6.45, 7) is 3.84. The third kappa shape index (κ3) is 34.5. The Morgan fingerprint density at radius 1 is 0.617 bits per heavy atom. The van der Waals surface area contributed by atoms with Gasteiger partial charge in [0.05, 0.1) is 12.7 Å². The predicted molar refractivity (Wildman–Crippen MR) is 197 cm³/mol. The summed E-state index contributed by atoms with van der Waals surface area (Å²) in [4.78, 5) is 24.2. The number of allylic oxidation sites excluding steroid dienone is 10. The van der Waals surface area contributed by atoms with Crippen LogP contribution in [0.4, 0.5) is 0 Å². The monoisotopic (exact) mass is 657 g/mol. The van der Waals surface area contributed by atoms with Crippen molar-refractivity contribution in [3.8, 4) is 0 Å². The molecule has 0 aromatic carbocycles. The zero-order valence-electron chi connectivity index (χ0n) is 29.9. The molecule has 0 heterocycles. The van der Waals surface area contributed by atoms with Gasteiger partial charge in [0, 0.05) is 12.8 Å². The van der Waals surface area contributed by atoms with E-state index in [2.05, 4.69) is 50.3 Å². The third-order valence-electron chi connectivity index (χ3n) is 7.61. The van der Waals surface area contributed by atoms with Crippen molar-refractivity contribution in [1.29, 1.82) is 0 Å². The second-order valence-electron chi connectivity index (χ2n) is 12.1. The van der Waals surface area contributed by atoms with Crippen molar-refractivity contribution in [2.75, 3.05) is 13.2 Å². The average molecular weight is 657 g/mol. The van der Waals surface area contributed by atoms with Crippen LogP contribution in [0.15, 0.2) is 72.9 Å². The Morgan fingerprint density at radius 3 is 1.74 bits per heavy atom. The highest BCUT2D eigenvalue weighted by Crippen LogP contribution is 2.13. The lowest BCUT2D eigenvalue weighted by Gasteiger charge is -2.15. The summed E-state index contributed by atoms with van der Waals surface area (Å²) in [7, 11) is 0. The molecule has 6 nitrogen and oxygen atoms in total. The van der Waals surface area contributed by atoms with Crippen LogP contribution in [-0.2, 0) is 19.1 Å². The molecule has 0 aromatic rings. The molecule has 0 spiro atoms. The van der Waals surface area contributed by atoms with Gasteiger partial charge in [-0.05, 0) is 44.9 Å². The first-order chi connectivity index (χ1) is 23.0. The third-order valence-corrected chi connectivity index (χ3v) is 7.61. The Hall–Kier alpha value is -2.70. The number of carbonyl (C=O) groups is 2. The first-order valence-electron chi connectivity index (χ1n) is 18.6. The molecule has 0 saturated heterocycles. The van der Waals surface area contributed by atoms with Gasteiger partial charge in [0.1, 0.15) is 6.61 Å². The smallest absolute Gasteiger partial charge is 0.306 e. The van der Waals surface area contributed by atoms with Crippen molar-refractivity contribution in [1.82, 2.24) is 0 Å². The van der Waals surface area contributed by atoms with Crippen molar-refractivity contribution >= 4 is 11.9 Å². The van der Waals surface area contributed by atoms with Gasteiger partial charge in [0.15, 0.2) is 6.10 Å². The number of rotatable bonds is 32. The molecule has 47 heavy (non-hydrogen) atoms. The van der Waals surface area contributed by atoms with Gasteiger partial charge >= 0.3 is 11.9 Å². The highest BCUT2D eigenvalue weighted by Gasteiger charge is 2.15. The molecule has 0 aliphatic rings. The van der Waals surface area contributed by atoms with Crippen LogP contribution in [0.3, 0.4) is 0 Å². The van der Waals surface area contributed by atoms with Crippen LogP contribution in [0.2, 0.25) is 0 Å². The van der Waals surface area contributed by atoms with Crippen LogP contribution in [0.25, 0.3) is 0 Å². The molecule has 6 heteroatoms. The van der Waals surface area contributed by atoms with Gasteiger partial charge in [-0.3, -0.25) is 9.59 Å². The van der Waals surface area contributed by atoms with Gasteiger partial charge in [-0.25, -0.2) is 0 Å². The normalized spacial score (nSPS) is 13.7. The van der Waals surface area contributed by atoms with Crippen molar-refractivity contribution in [3.63, 3.8) is 0 Å². The van der Waals surface area contributed by atoms with Gasteiger partial charge in [-0.2, -0.15) is 0 Å². The number of esters is 2. The Kier molecular flexibility index (Phi) is 34.1. The summed E-state index contributed by atoms with van der Waals surface area (Å²) in [5.41, 5.74) is 0. The molecule has 0 amide bonds. The molecule has 1 unspecified atom stereocenters. The number of carbonyl (C=O) groups excluding carboxylic acids is 2. The van der Waals surface area contributed by atoms with Gasteiger partial charge in [0.2, 0.25) is 0 Å². The maximum absolute atomic E-state index is 12.1. The molecule has 0 aliphatic heterocycles. The Bertz CT molecular complexity index is 898. The van der Waals surface area contributed by atoms with E-state index in [0.717, 1.165) is 44.9 Å². The minimum atomic E-state index is -0.812. The lowest BCUT2D eigenvalue weighted by Crippen LogP contribution is -2.28. The first-order valence-corrected chi connectivity index (χ1v) is 18.6. The van der Waals surface area contributed by atoms with Gasteiger partial charge in [-0.15, -0.1) is 0 Å². The minimum Gasteiger partial charge on any atom is -0.462 e. The average Bonchev–Trinajstić information content (AvgIpc) is 3.07. The van der Waals surface area contributed by atoms with Crippen molar-refractivity contribution < 1.29 is 29.3 Å². The quantitative estimate of drug-likeness (QED) is 0.0324. The van der Waals surface area contributed by atoms with E-state index in [0.29, 0.717) is 19.3 Å². The molecule has 0 aromatic heterocycles. The van der Waals surface area contributed by atoms with E-state index in [-0.39, 0.29) is 31.6 Å². The predicted octanol–water partition coefficient (Wildman–Crippen LogP) is 10.4. The molecule has 0 bridgehead atoms. The van der Waals surface area contributed by atoms with Gasteiger partial charge in [0.25, 0.3) is 0 Å². The van der Waals surface area contributed by atoms with E-state index < -0.39 is 12.2 Å². The maximum atomic E-state index is 12.1. The van der Waals surface area contributed by atoms with Crippen LogP contribution in [-0.4, -0.2) is 47.6 Å². The molecular weight excluding hydrogens is 588 g/mol. The second kappa shape index (κ2) is 36.1. The Morgan fingerprint density at radius 2 is 1.17 bits per heavy atom. The highest BCUT2D eigenvalue weighted by atomic mass is 16.6. The fourth-order valence-electron chi connectivity index (χ4n) is 4.78. The topological polar surface area (TPSA) is 93.1 Å². The SMILES string of the molecule is CC/C=C\CC(O)/C=C/C=C/C/C=C\C/C=C\C/C=C\CCC(=O)OC[C@H](CO)OC(=O)CCCCCCCCCCCCCCC. The molecule has 0 radical (unpaired) electrons. The molecule has 2 N–H and O–H groups in total. The maximum Gasteiger partial charge on any atom is 0.306 e. The van der Waals surface area contributed by atoms with Crippen molar-refractivity contribution in [2.24, 2.45) is 0 Å². The van der Waals surface area contributed by atoms with E-state index >= 15 is 0 Å². The van der Waals surface area contributed by atoms with Gasteiger partial charge < -0.3 is 19.7 Å². The van der Waals surface area contributed by atoms with Crippen LogP contribution in [0, 0.1) is 0 Å². The number of hydrogen-bond acceptors (Lipinski definition) is 6. The number of unbranched alkanes of at least 4 members (excludes halogenated alkanes) is 12. The van der Waals surface area contributed by atoms with Crippen LogP contribution in [0.5, 0.6) is 0 Å². The summed E-state index contributed by atoms with van der Waals surface area (Å²) >= 11 is 0. The fourth-order valence-corrected chi connectivity index (χ4v) is 4.78. The second-order valence-corrected chi connectivity index (χ2v) is 12.1. The summed E-state index contributed by atoms with van der Waals surface area (Å²) < 4.78 is 10.5. The molecule has 0 fully saturated rings. The lowest BCUT2D eigenvalue weighted by atomic mass is 10.0. The summed E-state index contributed by atoms with van der Waals surface area (Å²) in [6, 6.07) is 0. The first kappa shape index (κ1) is 44.3. The lowest BCUT2D eigenvalue weighted by molar-refractivity contribution is -0.161. The number of hydrogen-bond donors (Lipinski definition) is 2. The van der Waals surface area contributed by atoms with E-state index in [1.807, 2.05) is 30.4 Å².